The van der Waals surface area contributed by atoms with Gasteiger partial charge in [0.15, 0.2) is 0 Å². The zero-order valence-electron chi connectivity index (χ0n) is 15.6. The Kier molecular flexibility index (Phi) is 4.72. The number of rotatable bonds is 3. The minimum absolute atomic E-state index is 0.189. The van der Waals surface area contributed by atoms with Crippen LogP contribution in [-0.2, 0) is 9.53 Å². The highest BCUT2D eigenvalue weighted by molar-refractivity contribution is 6.00. The standard InChI is InChI=1S/C21H24N2O3/c1-13-8-9-17(14(2)10-13)23-20(25)22-16-7-5-6-15(11-16)19-21(3,4)12-18(24)26-19/h5-11,19H,12H2,1-4H3,(H2,22,23,25). The molecule has 5 heteroatoms. The fraction of sp³-hybridized carbons (Fsp3) is 0.333. The van der Waals surface area contributed by atoms with Crippen LogP contribution in [0.4, 0.5) is 16.2 Å². The van der Waals surface area contributed by atoms with E-state index in [9.17, 15) is 9.59 Å². The molecule has 26 heavy (non-hydrogen) atoms. The van der Waals surface area contributed by atoms with Gasteiger partial charge in [0.1, 0.15) is 6.10 Å². The molecule has 2 N–H and O–H groups in total. The molecule has 2 aromatic rings. The summed E-state index contributed by atoms with van der Waals surface area (Å²) in [5, 5.41) is 5.71. The lowest BCUT2D eigenvalue weighted by Gasteiger charge is -2.24. The Hall–Kier alpha value is -2.82. The highest BCUT2D eigenvalue weighted by Gasteiger charge is 2.42. The number of anilines is 2. The zero-order valence-corrected chi connectivity index (χ0v) is 15.6. The molecule has 0 saturated carbocycles. The van der Waals surface area contributed by atoms with E-state index in [1.807, 2.05) is 70.2 Å². The van der Waals surface area contributed by atoms with Gasteiger partial charge in [-0.05, 0) is 43.2 Å². The maximum absolute atomic E-state index is 12.3. The molecule has 5 nitrogen and oxygen atoms in total. The first-order valence-electron chi connectivity index (χ1n) is 8.69. The number of urea groups is 1. The van der Waals surface area contributed by atoms with Gasteiger partial charge in [0.25, 0.3) is 0 Å². The molecular weight excluding hydrogens is 328 g/mol. The molecule has 1 aliphatic heterocycles. The predicted molar refractivity (Wildman–Crippen MR) is 102 cm³/mol. The molecule has 0 radical (unpaired) electrons. The van der Waals surface area contributed by atoms with Gasteiger partial charge in [-0.3, -0.25) is 4.79 Å². The van der Waals surface area contributed by atoms with Crippen LogP contribution in [0.25, 0.3) is 0 Å². The second-order valence-electron chi connectivity index (χ2n) is 7.56. The number of benzene rings is 2. The molecule has 2 amide bonds. The SMILES string of the molecule is Cc1ccc(NC(=O)Nc2cccc(C3OC(=O)CC3(C)C)c2)c(C)c1. The van der Waals surface area contributed by atoms with Crippen LogP contribution in [0.1, 0.15) is 43.1 Å². The third kappa shape index (κ3) is 3.87. The minimum Gasteiger partial charge on any atom is -0.457 e. The van der Waals surface area contributed by atoms with E-state index < -0.39 is 0 Å². The fourth-order valence-corrected chi connectivity index (χ4v) is 3.33. The first-order chi connectivity index (χ1) is 12.2. The smallest absolute Gasteiger partial charge is 0.323 e. The molecule has 2 aromatic carbocycles. The first kappa shape index (κ1) is 18.0. The lowest BCUT2D eigenvalue weighted by molar-refractivity contribution is -0.142. The van der Waals surface area contributed by atoms with E-state index in [-0.39, 0.29) is 23.5 Å². The quantitative estimate of drug-likeness (QED) is 0.767. The van der Waals surface area contributed by atoms with Crippen molar-refractivity contribution in [2.75, 3.05) is 10.6 Å². The van der Waals surface area contributed by atoms with E-state index in [1.165, 1.54) is 0 Å². The van der Waals surface area contributed by atoms with Gasteiger partial charge in [-0.15, -0.1) is 0 Å². The summed E-state index contributed by atoms with van der Waals surface area (Å²) in [6.45, 7) is 7.99. The Morgan fingerprint density at radius 2 is 1.88 bits per heavy atom. The highest BCUT2D eigenvalue weighted by atomic mass is 16.6. The number of nitrogens with one attached hydrogen (secondary N) is 2. The van der Waals surface area contributed by atoms with Gasteiger partial charge in [0.05, 0.1) is 6.42 Å². The van der Waals surface area contributed by atoms with Gasteiger partial charge in [-0.2, -0.15) is 0 Å². The average molecular weight is 352 g/mol. The number of cyclic esters (lactones) is 1. The normalized spacial score (nSPS) is 18.3. The van der Waals surface area contributed by atoms with Crippen molar-refractivity contribution in [3.63, 3.8) is 0 Å². The van der Waals surface area contributed by atoms with Crippen molar-refractivity contribution in [3.8, 4) is 0 Å². The molecule has 136 valence electrons. The van der Waals surface area contributed by atoms with E-state index in [4.69, 9.17) is 4.74 Å². The fourth-order valence-electron chi connectivity index (χ4n) is 3.33. The molecule has 1 heterocycles. The van der Waals surface area contributed by atoms with E-state index in [2.05, 4.69) is 10.6 Å². The predicted octanol–water partition coefficient (Wildman–Crippen LogP) is 4.96. The average Bonchev–Trinajstić information content (AvgIpc) is 2.83. The van der Waals surface area contributed by atoms with Crippen LogP contribution in [0.2, 0.25) is 0 Å². The molecule has 1 aliphatic rings. The molecule has 1 atom stereocenters. The van der Waals surface area contributed by atoms with Crippen LogP contribution in [0.5, 0.6) is 0 Å². The van der Waals surface area contributed by atoms with E-state index in [0.717, 1.165) is 22.4 Å². The van der Waals surface area contributed by atoms with Gasteiger partial charge >= 0.3 is 12.0 Å². The summed E-state index contributed by atoms with van der Waals surface area (Å²) in [5.41, 5.74) is 4.20. The van der Waals surface area contributed by atoms with Crippen molar-refractivity contribution in [1.29, 1.82) is 0 Å². The molecule has 0 spiro atoms. The van der Waals surface area contributed by atoms with Crippen molar-refractivity contribution in [2.45, 2.75) is 40.2 Å². The monoisotopic (exact) mass is 352 g/mol. The number of carbonyl (C=O) groups is 2. The first-order valence-corrected chi connectivity index (χ1v) is 8.69. The summed E-state index contributed by atoms with van der Waals surface area (Å²) in [6, 6.07) is 13.0. The van der Waals surface area contributed by atoms with Gasteiger partial charge in [-0.25, -0.2) is 4.79 Å². The number of carbonyl (C=O) groups excluding carboxylic acids is 2. The largest absolute Gasteiger partial charge is 0.457 e. The summed E-state index contributed by atoms with van der Waals surface area (Å²) >= 11 is 0. The molecule has 0 bridgehead atoms. The van der Waals surface area contributed by atoms with E-state index >= 15 is 0 Å². The molecule has 0 aromatic heterocycles. The van der Waals surface area contributed by atoms with Crippen molar-refractivity contribution < 1.29 is 14.3 Å². The Bertz CT molecular complexity index is 858. The topological polar surface area (TPSA) is 67.4 Å². The van der Waals surface area contributed by atoms with Crippen LogP contribution in [0, 0.1) is 19.3 Å². The molecule has 3 rings (SSSR count). The van der Waals surface area contributed by atoms with E-state index in [0.29, 0.717) is 12.1 Å². The van der Waals surface area contributed by atoms with Gasteiger partial charge in [0.2, 0.25) is 0 Å². The Morgan fingerprint density at radius 3 is 2.54 bits per heavy atom. The van der Waals surface area contributed by atoms with Crippen LogP contribution < -0.4 is 10.6 Å². The molecule has 1 saturated heterocycles. The summed E-state index contributed by atoms with van der Waals surface area (Å²) in [5.74, 6) is -0.189. The summed E-state index contributed by atoms with van der Waals surface area (Å²) in [7, 11) is 0. The number of hydrogen-bond acceptors (Lipinski definition) is 3. The Labute approximate surface area is 153 Å². The van der Waals surface area contributed by atoms with Crippen LogP contribution in [-0.4, -0.2) is 12.0 Å². The minimum atomic E-state index is -0.309. The number of hydrogen-bond donors (Lipinski definition) is 2. The third-order valence-corrected chi connectivity index (χ3v) is 4.64. The Morgan fingerprint density at radius 1 is 1.12 bits per heavy atom. The van der Waals surface area contributed by atoms with Crippen LogP contribution in [0.15, 0.2) is 42.5 Å². The van der Waals surface area contributed by atoms with Crippen LogP contribution in [0.3, 0.4) is 0 Å². The molecule has 1 fully saturated rings. The third-order valence-electron chi connectivity index (χ3n) is 4.64. The highest BCUT2D eigenvalue weighted by Crippen LogP contribution is 2.45. The second kappa shape index (κ2) is 6.83. The molecule has 1 unspecified atom stereocenters. The van der Waals surface area contributed by atoms with Crippen molar-refractivity contribution in [3.05, 3.63) is 59.2 Å². The molecule has 0 aliphatic carbocycles. The lowest BCUT2D eigenvalue weighted by atomic mass is 9.82. The number of aryl methyl sites for hydroxylation is 2. The second-order valence-corrected chi connectivity index (χ2v) is 7.56. The van der Waals surface area contributed by atoms with Crippen molar-refractivity contribution in [1.82, 2.24) is 0 Å². The van der Waals surface area contributed by atoms with Gasteiger partial charge in [-0.1, -0.05) is 43.7 Å². The van der Waals surface area contributed by atoms with Crippen LogP contribution >= 0.6 is 0 Å². The van der Waals surface area contributed by atoms with Gasteiger partial charge in [0, 0.05) is 16.8 Å². The zero-order chi connectivity index (χ0) is 18.9. The maximum Gasteiger partial charge on any atom is 0.323 e. The Balaban J connectivity index is 1.72. The summed E-state index contributed by atoms with van der Waals surface area (Å²) in [4.78, 5) is 24.0. The van der Waals surface area contributed by atoms with Crippen molar-refractivity contribution in [2.24, 2.45) is 5.41 Å². The van der Waals surface area contributed by atoms with Crippen molar-refractivity contribution >= 4 is 23.4 Å². The number of amides is 2. The number of esters is 1. The summed E-state index contributed by atoms with van der Waals surface area (Å²) < 4.78 is 5.48. The van der Waals surface area contributed by atoms with E-state index in [1.54, 1.807) is 0 Å². The maximum atomic E-state index is 12.3. The lowest BCUT2D eigenvalue weighted by Crippen LogP contribution is -2.20. The molecular formula is C21H24N2O3. The van der Waals surface area contributed by atoms with Gasteiger partial charge < -0.3 is 15.4 Å². The number of ether oxygens (including phenoxy) is 1. The summed E-state index contributed by atoms with van der Waals surface area (Å²) in [6.07, 6.45) is 0.0850.